The van der Waals surface area contributed by atoms with E-state index in [0.717, 1.165) is 39.0 Å². The molecule has 0 radical (unpaired) electrons. The highest BCUT2D eigenvalue weighted by atomic mass is 35.5. The fourth-order valence-electron chi connectivity index (χ4n) is 3.34. The third-order valence-electron chi connectivity index (χ3n) is 4.65. The molecule has 1 aromatic rings. The molecule has 5 nitrogen and oxygen atoms in total. The lowest BCUT2D eigenvalue weighted by Crippen LogP contribution is -2.48. The van der Waals surface area contributed by atoms with E-state index in [1.807, 2.05) is 0 Å². The van der Waals surface area contributed by atoms with Crippen LogP contribution in [0.3, 0.4) is 0 Å². The van der Waals surface area contributed by atoms with E-state index in [0.29, 0.717) is 11.5 Å². The van der Waals surface area contributed by atoms with Crippen LogP contribution in [0.1, 0.15) is 30.9 Å². The molecule has 2 fully saturated rings. The van der Waals surface area contributed by atoms with E-state index in [1.165, 1.54) is 24.6 Å². The summed E-state index contributed by atoms with van der Waals surface area (Å²) in [4.78, 5) is 12.8. The number of rotatable bonds is 4. The molecule has 1 atom stereocenters. The maximum Gasteiger partial charge on any atom is 0.269 e. The van der Waals surface area contributed by atoms with Crippen molar-refractivity contribution in [3.8, 4) is 0 Å². The van der Waals surface area contributed by atoms with Crippen LogP contribution in [0.5, 0.6) is 0 Å². The van der Waals surface area contributed by atoms with Crippen LogP contribution in [-0.4, -0.2) is 36.0 Å². The molecule has 1 aliphatic carbocycles. The maximum atomic E-state index is 14.3. The van der Waals surface area contributed by atoms with E-state index in [-0.39, 0.29) is 42.4 Å². The van der Waals surface area contributed by atoms with Gasteiger partial charge in [0.15, 0.2) is 0 Å². The fraction of sp³-hybridized carbons (Fsp3) is 0.600. The number of hydrogen-bond acceptors (Lipinski definition) is 4. The number of halogens is 3. The molecule has 23 heavy (non-hydrogen) atoms. The minimum Gasteiger partial charge on any atom is -0.314 e. The number of nitro benzene ring substituents is 1. The predicted octanol–water partition coefficient (Wildman–Crippen LogP) is 3.32. The van der Waals surface area contributed by atoms with E-state index in [2.05, 4.69) is 10.2 Å². The number of nitrogens with one attached hydrogen (secondary N) is 1. The summed E-state index contributed by atoms with van der Waals surface area (Å²) in [6.45, 7) is 3.51. The van der Waals surface area contributed by atoms with Crippen molar-refractivity contribution in [3.63, 3.8) is 0 Å². The summed E-state index contributed by atoms with van der Waals surface area (Å²) in [5, 5.41) is 14.3. The van der Waals surface area contributed by atoms with E-state index < -0.39 is 4.92 Å². The summed E-state index contributed by atoms with van der Waals surface area (Å²) < 4.78 is 14.3. The second-order valence-electron chi connectivity index (χ2n) is 5.88. The lowest BCUT2D eigenvalue weighted by molar-refractivity contribution is -0.385. The second kappa shape index (κ2) is 8.78. The van der Waals surface area contributed by atoms with Crippen molar-refractivity contribution in [1.82, 2.24) is 10.2 Å². The van der Waals surface area contributed by atoms with Gasteiger partial charge in [-0.3, -0.25) is 15.0 Å². The third kappa shape index (κ3) is 4.32. The van der Waals surface area contributed by atoms with Crippen molar-refractivity contribution in [1.29, 1.82) is 0 Å². The first-order valence-electron chi connectivity index (χ1n) is 7.55. The average molecular weight is 366 g/mol. The van der Waals surface area contributed by atoms with Gasteiger partial charge in [0.1, 0.15) is 5.82 Å². The first-order valence-corrected chi connectivity index (χ1v) is 7.55. The zero-order valence-electron chi connectivity index (χ0n) is 12.7. The molecular weight excluding hydrogens is 344 g/mol. The van der Waals surface area contributed by atoms with Crippen LogP contribution in [0.2, 0.25) is 0 Å². The van der Waals surface area contributed by atoms with Gasteiger partial charge >= 0.3 is 0 Å². The van der Waals surface area contributed by atoms with Crippen molar-refractivity contribution in [2.45, 2.75) is 25.3 Å². The molecule has 3 rings (SSSR count). The van der Waals surface area contributed by atoms with E-state index >= 15 is 0 Å². The van der Waals surface area contributed by atoms with Crippen LogP contribution in [0.15, 0.2) is 18.2 Å². The number of hydrogen-bond donors (Lipinski definition) is 1. The summed E-state index contributed by atoms with van der Waals surface area (Å²) in [5.41, 5.74) is 0.474. The Morgan fingerprint density at radius 3 is 2.43 bits per heavy atom. The minimum absolute atomic E-state index is 0. The number of non-ortho nitro benzene ring substituents is 1. The summed E-state index contributed by atoms with van der Waals surface area (Å²) in [6, 6.07) is 3.89. The first kappa shape index (κ1) is 20.1. The maximum absolute atomic E-state index is 14.3. The highest BCUT2D eigenvalue weighted by molar-refractivity contribution is 5.85. The molecule has 2 aliphatic rings. The molecule has 1 saturated carbocycles. The second-order valence-corrected chi connectivity index (χ2v) is 5.88. The predicted molar refractivity (Wildman–Crippen MR) is 92.1 cm³/mol. The number of benzene rings is 1. The molecule has 1 aliphatic heterocycles. The Balaban J connectivity index is 0.00000132. The number of nitrogens with zero attached hydrogens (tertiary/aromatic N) is 2. The topological polar surface area (TPSA) is 58.4 Å². The Labute approximate surface area is 147 Å². The largest absolute Gasteiger partial charge is 0.314 e. The van der Waals surface area contributed by atoms with Gasteiger partial charge in [-0.2, -0.15) is 0 Å². The van der Waals surface area contributed by atoms with E-state index in [1.54, 1.807) is 0 Å². The van der Waals surface area contributed by atoms with E-state index in [9.17, 15) is 14.5 Å². The highest BCUT2D eigenvalue weighted by Gasteiger charge is 2.35. The molecule has 8 heteroatoms. The first-order chi connectivity index (χ1) is 10.2. The molecule has 0 spiro atoms. The SMILES string of the molecule is Cl.Cl.O=[N+]([O-])c1ccc(F)c([C@H](C2CCC2)N2CCNCC2)c1. The van der Waals surface area contributed by atoms with Crippen LogP contribution < -0.4 is 5.32 Å². The Kier molecular flexibility index (Phi) is 7.67. The lowest BCUT2D eigenvalue weighted by Gasteiger charge is -2.43. The van der Waals surface area contributed by atoms with Gasteiger partial charge in [-0.25, -0.2) is 4.39 Å². The van der Waals surface area contributed by atoms with Gasteiger partial charge < -0.3 is 5.32 Å². The van der Waals surface area contributed by atoms with Crippen molar-refractivity contribution in [2.24, 2.45) is 5.92 Å². The standard InChI is InChI=1S/C15H20FN3O2.2ClH/c16-14-5-4-12(19(20)21)10-13(14)15(11-2-1-3-11)18-8-6-17-7-9-18;;/h4-5,10-11,15,17H,1-3,6-9H2;2*1H/t15-;;/m0../s1. The third-order valence-corrected chi connectivity index (χ3v) is 4.65. The van der Waals surface area contributed by atoms with Gasteiger partial charge in [-0.05, 0) is 24.8 Å². The molecule has 0 amide bonds. The quantitative estimate of drug-likeness (QED) is 0.656. The molecule has 0 aromatic heterocycles. The molecule has 0 unspecified atom stereocenters. The molecule has 1 saturated heterocycles. The summed E-state index contributed by atoms with van der Waals surface area (Å²) in [7, 11) is 0. The summed E-state index contributed by atoms with van der Waals surface area (Å²) in [6.07, 6.45) is 3.33. The Bertz CT molecular complexity index is 537. The fourth-order valence-corrected chi connectivity index (χ4v) is 3.34. The van der Waals surface area contributed by atoms with Crippen LogP contribution in [0.25, 0.3) is 0 Å². The molecule has 1 heterocycles. The monoisotopic (exact) mass is 365 g/mol. The smallest absolute Gasteiger partial charge is 0.269 e. The highest BCUT2D eigenvalue weighted by Crippen LogP contribution is 2.42. The molecule has 1 N–H and O–H groups in total. The molecular formula is C15H22Cl2FN3O2. The molecule has 0 bridgehead atoms. The lowest BCUT2D eigenvalue weighted by atomic mass is 9.76. The molecule has 130 valence electrons. The number of nitro groups is 1. The number of piperazine rings is 1. The molecule has 1 aromatic carbocycles. The van der Waals surface area contributed by atoms with Crippen molar-refractivity contribution < 1.29 is 9.31 Å². The van der Waals surface area contributed by atoms with Gasteiger partial charge in [-0.1, -0.05) is 6.42 Å². The summed E-state index contributed by atoms with van der Waals surface area (Å²) >= 11 is 0. The van der Waals surface area contributed by atoms with E-state index in [4.69, 9.17) is 0 Å². The zero-order valence-corrected chi connectivity index (χ0v) is 14.4. The van der Waals surface area contributed by atoms with Crippen molar-refractivity contribution in [3.05, 3.63) is 39.7 Å². The van der Waals surface area contributed by atoms with Crippen LogP contribution in [0, 0.1) is 21.8 Å². The zero-order chi connectivity index (χ0) is 14.8. The van der Waals surface area contributed by atoms with Crippen LogP contribution >= 0.6 is 24.8 Å². The van der Waals surface area contributed by atoms with Crippen molar-refractivity contribution >= 4 is 30.5 Å². The van der Waals surface area contributed by atoms with Crippen LogP contribution in [-0.2, 0) is 0 Å². The van der Waals surface area contributed by atoms with Gasteiger partial charge in [0, 0.05) is 49.9 Å². The van der Waals surface area contributed by atoms with Gasteiger partial charge in [0.2, 0.25) is 0 Å². The normalized spacial score (nSPS) is 19.9. The average Bonchev–Trinajstić information content (AvgIpc) is 2.44. The minimum atomic E-state index is -0.446. The van der Waals surface area contributed by atoms with Crippen molar-refractivity contribution in [2.75, 3.05) is 26.2 Å². The van der Waals surface area contributed by atoms with Gasteiger partial charge in [0.25, 0.3) is 5.69 Å². The van der Waals surface area contributed by atoms with Crippen LogP contribution in [0.4, 0.5) is 10.1 Å². The Hall–Kier alpha value is -0.950. The van der Waals surface area contributed by atoms with Gasteiger partial charge in [0.05, 0.1) is 4.92 Å². The summed E-state index contributed by atoms with van der Waals surface area (Å²) in [5.74, 6) is 0.0932. The van der Waals surface area contributed by atoms with Gasteiger partial charge in [-0.15, -0.1) is 24.8 Å². The Morgan fingerprint density at radius 2 is 1.91 bits per heavy atom. The Morgan fingerprint density at radius 1 is 1.26 bits per heavy atom.